The lowest BCUT2D eigenvalue weighted by molar-refractivity contribution is -0.274. The zero-order valence-corrected chi connectivity index (χ0v) is 17.6. The van der Waals surface area contributed by atoms with Crippen LogP contribution < -0.4 is 20.6 Å². The van der Waals surface area contributed by atoms with Gasteiger partial charge in [-0.25, -0.2) is 19.0 Å². The Morgan fingerprint density at radius 1 is 1.24 bits per heavy atom. The lowest BCUT2D eigenvalue weighted by atomic mass is 10.0. The molecule has 1 saturated heterocycles. The van der Waals surface area contributed by atoms with Crippen molar-refractivity contribution < 1.29 is 27.1 Å². The summed E-state index contributed by atoms with van der Waals surface area (Å²) in [4.78, 5) is 34.6. The normalized spacial score (nSPS) is 18.7. The molecule has 1 aliphatic carbocycles. The fourth-order valence-electron chi connectivity index (χ4n) is 4.07. The summed E-state index contributed by atoms with van der Waals surface area (Å²) >= 11 is 0. The van der Waals surface area contributed by atoms with Gasteiger partial charge in [-0.15, -0.1) is 13.2 Å². The number of nitrogens with one attached hydrogen (secondary N) is 2. The molecule has 2 fully saturated rings. The molecule has 1 saturated carbocycles. The summed E-state index contributed by atoms with van der Waals surface area (Å²) in [5, 5.41) is 2.63. The van der Waals surface area contributed by atoms with Crippen LogP contribution in [0.1, 0.15) is 31.2 Å². The molecule has 2 aliphatic rings. The minimum atomic E-state index is -4.91. The molecular formula is C21H23F4N5O3. The van der Waals surface area contributed by atoms with E-state index < -0.39 is 29.6 Å². The zero-order chi connectivity index (χ0) is 23.6. The number of aromatic nitrogens is 2. The number of anilines is 1. The highest BCUT2D eigenvalue weighted by Gasteiger charge is 2.37. The summed E-state index contributed by atoms with van der Waals surface area (Å²) in [5.74, 6) is -0.897. The molecule has 4 rings (SSSR count). The lowest BCUT2D eigenvalue weighted by Crippen LogP contribution is -2.53. The first-order chi connectivity index (χ1) is 15.7. The minimum absolute atomic E-state index is 0.00517. The van der Waals surface area contributed by atoms with Crippen molar-refractivity contribution in [3.63, 3.8) is 0 Å². The van der Waals surface area contributed by atoms with E-state index in [0.717, 1.165) is 37.8 Å². The molecule has 2 N–H and O–H groups in total. The van der Waals surface area contributed by atoms with Gasteiger partial charge in [0.15, 0.2) is 0 Å². The highest BCUT2D eigenvalue weighted by atomic mass is 19.4. The fourth-order valence-corrected chi connectivity index (χ4v) is 4.07. The van der Waals surface area contributed by atoms with E-state index in [4.69, 9.17) is 0 Å². The van der Waals surface area contributed by atoms with Crippen molar-refractivity contribution in [3.8, 4) is 5.75 Å². The molecule has 8 nitrogen and oxygen atoms in total. The van der Waals surface area contributed by atoms with Gasteiger partial charge in [0.2, 0.25) is 0 Å². The summed E-state index contributed by atoms with van der Waals surface area (Å²) in [6, 6.07) is 4.42. The predicted octanol–water partition coefficient (Wildman–Crippen LogP) is 3.15. The topological polar surface area (TPSA) is 90.6 Å². The number of carbonyl (C=O) groups excluding carboxylic acids is 1. The van der Waals surface area contributed by atoms with Crippen molar-refractivity contribution in [2.75, 3.05) is 18.0 Å². The van der Waals surface area contributed by atoms with Gasteiger partial charge in [0.25, 0.3) is 0 Å². The van der Waals surface area contributed by atoms with E-state index in [-0.39, 0.29) is 18.2 Å². The Kier molecular flexibility index (Phi) is 6.43. The van der Waals surface area contributed by atoms with Gasteiger partial charge in [0.1, 0.15) is 17.4 Å². The smallest absolute Gasteiger partial charge is 0.406 e. The highest BCUT2D eigenvalue weighted by molar-refractivity contribution is 5.74. The van der Waals surface area contributed by atoms with Crippen LogP contribution in [0.5, 0.6) is 5.75 Å². The molecular weight excluding hydrogens is 446 g/mol. The molecule has 1 aromatic carbocycles. The van der Waals surface area contributed by atoms with Gasteiger partial charge < -0.3 is 19.9 Å². The van der Waals surface area contributed by atoms with Gasteiger partial charge in [-0.05, 0) is 37.8 Å². The number of aromatic amines is 1. The zero-order valence-electron chi connectivity index (χ0n) is 17.6. The average molecular weight is 469 g/mol. The third kappa shape index (κ3) is 5.93. The molecule has 178 valence electrons. The number of hydrogen-bond donors (Lipinski definition) is 2. The van der Waals surface area contributed by atoms with E-state index in [2.05, 4.69) is 24.9 Å². The molecule has 2 heterocycles. The van der Waals surface area contributed by atoms with Crippen molar-refractivity contribution in [3.05, 3.63) is 52.3 Å². The van der Waals surface area contributed by atoms with Gasteiger partial charge in [0, 0.05) is 49.5 Å². The van der Waals surface area contributed by atoms with Crippen LogP contribution in [-0.2, 0) is 6.54 Å². The van der Waals surface area contributed by atoms with Crippen LogP contribution in [0.4, 0.5) is 28.2 Å². The van der Waals surface area contributed by atoms with E-state index in [1.165, 1.54) is 6.20 Å². The van der Waals surface area contributed by atoms with Crippen molar-refractivity contribution in [2.24, 2.45) is 0 Å². The summed E-state index contributed by atoms with van der Waals surface area (Å²) < 4.78 is 54.7. The molecule has 1 aromatic heterocycles. The standard InChI is InChI=1S/C21H23F4N5O3/c22-17-10-16(33-21(23,24)25)6-3-13(17)11-27-20(32)29-9-1-2-15(12-29)30(14-4-5-14)18-7-8-26-19(31)28-18/h3,6-8,10,14-15H,1-2,4-5,9,11-12H2,(H,27,32)(H,26,28,31)/t15-/m1/s1. The van der Waals surface area contributed by atoms with E-state index >= 15 is 0 Å². The van der Waals surface area contributed by atoms with Crippen molar-refractivity contribution in [2.45, 2.75) is 50.7 Å². The number of urea groups is 1. The first-order valence-electron chi connectivity index (χ1n) is 10.6. The third-order valence-electron chi connectivity index (χ3n) is 5.64. The molecule has 0 radical (unpaired) electrons. The number of benzene rings is 1. The van der Waals surface area contributed by atoms with E-state index in [0.29, 0.717) is 31.0 Å². The Hall–Kier alpha value is -3.31. The summed E-state index contributed by atoms with van der Waals surface area (Å²) in [5.41, 5.74) is -0.391. The van der Waals surface area contributed by atoms with Crippen LogP contribution in [0.25, 0.3) is 0 Å². The van der Waals surface area contributed by atoms with Crippen molar-refractivity contribution in [1.29, 1.82) is 0 Å². The number of rotatable bonds is 6. The minimum Gasteiger partial charge on any atom is -0.406 e. The quantitative estimate of drug-likeness (QED) is 0.635. The largest absolute Gasteiger partial charge is 0.573 e. The number of halogens is 4. The number of alkyl halides is 3. The van der Waals surface area contributed by atoms with E-state index in [9.17, 15) is 27.2 Å². The molecule has 1 atom stereocenters. The number of likely N-dealkylation sites (tertiary alicyclic amines) is 1. The molecule has 12 heteroatoms. The Morgan fingerprint density at radius 2 is 2.03 bits per heavy atom. The number of carbonyl (C=O) groups is 1. The molecule has 2 aromatic rings. The number of nitrogens with zero attached hydrogens (tertiary/aromatic N) is 3. The third-order valence-corrected chi connectivity index (χ3v) is 5.64. The van der Waals surface area contributed by atoms with Gasteiger partial charge in [-0.1, -0.05) is 6.07 Å². The maximum atomic E-state index is 14.1. The number of ether oxygens (including phenoxy) is 1. The Labute approximate surface area is 186 Å². The fraction of sp³-hybridized carbons (Fsp3) is 0.476. The summed E-state index contributed by atoms with van der Waals surface area (Å²) in [6.45, 7) is 0.768. The lowest BCUT2D eigenvalue weighted by Gasteiger charge is -2.40. The van der Waals surface area contributed by atoms with E-state index in [1.807, 2.05) is 0 Å². The highest BCUT2D eigenvalue weighted by Crippen LogP contribution is 2.34. The van der Waals surface area contributed by atoms with Crippen LogP contribution >= 0.6 is 0 Å². The molecule has 0 spiro atoms. The number of hydrogen-bond acceptors (Lipinski definition) is 5. The van der Waals surface area contributed by atoms with Gasteiger partial charge >= 0.3 is 18.1 Å². The second-order valence-electron chi connectivity index (χ2n) is 8.10. The van der Waals surface area contributed by atoms with Gasteiger partial charge in [0.05, 0.1) is 0 Å². The van der Waals surface area contributed by atoms with Crippen molar-refractivity contribution >= 4 is 11.8 Å². The molecule has 2 amide bonds. The average Bonchev–Trinajstić information content (AvgIpc) is 3.57. The summed E-state index contributed by atoms with van der Waals surface area (Å²) in [7, 11) is 0. The Bertz CT molecular complexity index is 1060. The summed E-state index contributed by atoms with van der Waals surface area (Å²) in [6.07, 6.45) is 0.149. The SMILES string of the molecule is O=C(NCc1ccc(OC(F)(F)F)cc1F)N1CCC[C@@H](N(c2ccnc(=O)[nH]2)C2CC2)C1. The maximum absolute atomic E-state index is 14.1. The Morgan fingerprint density at radius 3 is 2.70 bits per heavy atom. The van der Waals surface area contributed by atoms with Crippen LogP contribution in [0.2, 0.25) is 0 Å². The van der Waals surface area contributed by atoms with E-state index in [1.54, 1.807) is 11.0 Å². The second-order valence-corrected chi connectivity index (χ2v) is 8.10. The first kappa shape index (κ1) is 22.9. The molecule has 0 bridgehead atoms. The number of amides is 2. The first-order valence-corrected chi connectivity index (χ1v) is 10.6. The van der Waals surface area contributed by atoms with Crippen LogP contribution in [0.3, 0.4) is 0 Å². The molecule has 33 heavy (non-hydrogen) atoms. The van der Waals surface area contributed by atoms with Crippen LogP contribution in [-0.4, -0.2) is 52.4 Å². The van der Waals surface area contributed by atoms with Gasteiger partial charge in [-0.2, -0.15) is 0 Å². The number of H-pyrrole nitrogens is 1. The second kappa shape index (κ2) is 9.28. The maximum Gasteiger partial charge on any atom is 0.573 e. The Balaban J connectivity index is 1.37. The molecule has 0 unspecified atom stereocenters. The molecule has 1 aliphatic heterocycles. The predicted molar refractivity (Wildman–Crippen MR) is 110 cm³/mol. The monoisotopic (exact) mass is 469 g/mol. The number of piperidine rings is 1. The van der Waals surface area contributed by atoms with Crippen LogP contribution in [0.15, 0.2) is 35.3 Å². The van der Waals surface area contributed by atoms with Crippen LogP contribution in [0, 0.1) is 5.82 Å². The van der Waals surface area contributed by atoms with Crippen molar-refractivity contribution in [1.82, 2.24) is 20.2 Å². The van der Waals surface area contributed by atoms with Gasteiger partial charge in [-0.3, -0.25) is 4.98 Å².